The number of hydrogen-bond acceptors (Lipinski definition) is 4. The molecule has 0 unspecified atom stereocenters. The molecule has 0 bridgehead atoms. The first-order chi connectivity index (χ1) is 9.22. The van der Waals surface area contributed by atoms with Crippen LogP contribution in [0.1, 0.15) is 16.8 Å². The average Bonchev–Trinajstić information content (AvgIpc) is 2.46. The molecule has 19 heavy (non-hydrogen) atoms. The Labute approximate surface area is 112 Å². The van der Waals surface area contributed by atoms with Gasteiger partial charge < -0.3 is 10.1 Å². The third-order valence-corrected chi connectivity index (χ3v) is 2.80. The number of aryl methyl sites for hydroxylation is 1. The van der Waals surface area contributed by atoms with Crippen molar-refractivity contribution >= 4 is 5.69 Å². The molecule has 1 aromatic heterocycles. The van der Waals surface area contributed by atoms with Crippen LogP contribution in [0.2, 0.25) is 0 Å². The van der Waals surface area contributed by atoms with E-state index in [4.69, 9.17) is 10.00 Å². The molecular formula is C15H15N3O. The van der Waals surface area contributed by atoms with Gasteiger partial charge in [-0.05, 0) is 36.8 Å². The van der Waals surface area contributed by atoms with E-state index in [9.17, 15) is 0 Å². The summed E-state index contributed by atoms with van der Waals surface area (Å²) in [6, 6.07) is 11.3. The first-order valence-corrected chi connectivity index (χ1v) is 5.99. The number of aromatic nitrogens is 1. The molecule has 0 amide bonds. The lowest BCUT2D eigenvalue weighted by atomic mass is 10.1. The molecule has 0 saturated carbocycles. The van der Waals surface area contributed by atoms with Crippen LogP contribution in [-0.2, 0) is 6.61 Å². The van der Waals surface area contributed by atoms with Crippen molar-refractivity contribution in [3.8, 4) is 11.8 Å². The van der Waals surface area contributed by atoms with Crippen LogP contribution < -0.4 is 10.1 Å². The maximum Gasteiger partial charge on any atom is 0.130 e. The third kappa shape index (κ3) is 3.23. The summed E-state index contributed by atoms with van der Waals surface area (Å²) in [5.74, 6) is 0.718. The van der Waals surface area contributed by atoms with E-state index in [2.05, 4.69) is 16.4 Å². The fourth-order valence-electron chi connectivity index (χ4n) is 1.69. The van der Waals surface area contributed by atoms with E-state index in [1.165, 1.54) is 0 Å². The molecule has 2 aromatic rings. The standard InChI is InChI=1S/C15H15N3O/c1-11-3-4-12(9-16)7-15(11)19-10-14-8-13(17-2)5-6-18-14/h3-8H,10H2,1-2H3,(H,17,18). The number of nitrogens with one attached hydrogen (secondary N) is 1. The normalized spacial score (nSPS) is 9.74. The predicted molar refractivity (Wildman–Crippen MR) is 74.0 cm³/mol. The fraction of sp³-hybridized carbons (Fsp3) is 0.200. The van der Waals surface area contributed by atoms with E-state index in [0.717, 1.165) is 22.7 Å². The van der Waals surface area contributed by atoms with Gasteiger partial charge >= 0.3 is 0 Å². The molecular weight excluding hydrogens is 238 g/mol. The Kier molecular flexibility index (Phi) is 3.99. The maximum absolute atomic E-state index is 8.88. The van der Waals surface area contributed by atoms with Crippen molar-refractivity contribution in [1.29, 1.82) is 5.26 Å². The van der Waals surface area contributed by atoms with Crippen molar-refractivity contribution in [1.82, 2.24) is 4.98 Å². The van der Waals surface area contributed by atoms with Crippen LogP contribution in [0, 0.1) is 18.3 Å². The SMILES string of the molecule is CNc1ccnc(COc2cc(C#N)ccc2C)c1. The summed E-state index contributed by atoms with van der Waals surface area (Å²) in [4.78, 5) is 4.24. The monoisotopic (exact) mass is 253 g/mol. The van der Waals surface area contributed by atoms with Gasteiger partial charge in [-0.1, -0.05) is 6.07 Å². The van der Waals surface area contributed by atoms with Gasteiger partial charge in [-0.15, -0.1) is 0 Å². The second kappa shape index (κ2) is 5.87. The Morgan fingerprint density at radius 1 is 1.32 bits per heavy atom. The molecule has 1 N–H and O–H groups in total. The number of rotatable bonds is 4. The molecule has 4 nitrogen and oxygen atoms in total. The molecule has 1 aromatic carbocycles. The summed E-state index contributed by atoms with van der Waals surface area (Å²) >= 11 is 0. The summed E-state index contributed by atoms with van der Waals surface area (Å²) in [5, 5.41) is 11.9. The van der Waals surface area contributed by atoms with Crippen molar-refractivity contribution in [2.75, 3.05) is 12.4 Å². The van der Waals surface area contributed by atoms with Gasteiger partial charge in [0.25, 0.3) is 0 Å². The smallest absolute Gasteiger partial charge is 0.130 e. The van der Waals surface area contributed by atoms with Crippen molar-refractivity contribution in [3.05, 3.63) is 53.3 Å². The maximum atomic E-state index is 8.88. The van der Waals surface area contributed by atoms with E-state index in [1.807, 2.05) is 32.2 Å². The summed E-state index contributed by atoms with van der Waals surface area (Å²) in [6.07, 6.45) is 1.74. The van der Waals surface area contributed by atoms with Crippen LogP contribution >= 0.6 is 0 Å². The lowest BCUT2D eigenvalue weighted by Crippen LogP contribution is -2.00. The Morgan fingerprint density at radius 3 is 2.89 bits per heavy atom. The Hall–Kier alpha value is -2.54. The zero-order chi connectivity index (χ0) is 13.7. The van der Waals surface area contributed by atoms with Gasteiger partial charge in [0.15, 0.2) is 0 Å². The van der Waals surface area contributed by atoms with Gasteiger partial charge in [0.05, 0.1) is 17.3 Å². The minimum atomic E-state index is 0.380. The highest BCUT2D eigenvalue weighted by Crippen LogP contribution is 2.20. The van der Waals surface area contributed by atoms with Crippen LogP contribution in [0.3, 0.4) is 0 Å². The van der Waals surface area contributed by atoms with Crippen molar-refractivity contribution in [2.45, 2.75) is 13.5 Å². The second-order valence-electron chi connectivity index (χ2n) is 4.17. The molecule has 0 fully saturated rings. The van der Waals surface area contributed by atoms with Gasteiger partial charge in [-0.25, -0.2) is 0 Å². The molecule has 0 saturated heterocycles. The summed E-state index contributed by atoms with van der Waals surface area (Å²) in [7, 11) is 1.86. The first-order valence-electron chi connectivity index (χ1n) is 5.99. The Balaban J connectivity index is 2.12. The van der Waals surface area contributed by atoms with Crippen LogP contribution in [0.4, 0.5) is 5.69 Å². The molecule has 0 aliphatic heterocycles. The van der Waals surface area contributed by atoms with Crippen LogP contribution in [-0.4, -0.2) is 12.0 Å². The first kappa shape index (κ1) is 12.9. The van der Waals surface area contributed by atoms with Gasteiger partial charge in [-0.3, -0.25) is 4.98 Å². The zero-order valence-corrected chi connectivity index (χ0v) is 11.0. The molecule has 0 spiro atoms. The lowest BCUT2D eigenvalue weighted by molar-refractivity contribution is 0.299. The Morgan fingerprint density at radius 2 is 2.16 bits per heavy atom. The number of nitrogens with zero attached hydrogens (tertiary/aromatic N) is 2. The molecule has 1 heterocycles. The minimum absolute atomic E-state index is 0.380. The highest BCUT2D eigenvalue weighted by molar-refractivity contribution is 5.43. The quantitative estimate of drug-likeness (QED) is 0.910. The van der Waals surface area contributed by atoms with Gasteiger partial charge in [0, 0.05) is 18.9 Å². The van der Waals surface area contributed by atoms with Crippen molar-refractivity contribution in [2.24, 2.45) is 0 Å². The van der Waals surface area contributed by atoms with Gasteiger partial charge in [0.1, 0.15) is 12.4 Å². The summed E-state index contributed by atoms with van der Waals surface area (Å²) in [6.45, 7) is 2.33. The van der Waals surface area contributed by atoms with E-state index >= 15 is 0 Å². The van der Waals surface area contributed by atoms with Crippen LogP contribution in [0.25, 0.3) is 0 Å². The average molecular weight is 253 g/mol. The van der Waals surface area contributed by atoms with Gasteiger partial charge in [-0.2, -0.15) is 5.26 Å². The van der Waals surface area contributed by atoms with E-state index in [0.29, 0.717) is 12.2 Å². The largest absolute Gasteiger partial charge is 0.487 e. The number of ether oxygens (including phenoxy) is 1. The summed E-state index contributed by atoms with van der Waals surface area (Å²) in [5.41, 5.74) is 3.44. The summed E-state index contributed by atoms with van der Waals surface area (Å²) < 4.78 is 5.72. The predicted octanol–water partition coefficient (Wildman–Crippen LogP) is 2.88. The lowest BCUT2D eigenvalue weighted by Gasteiger charge is -2.09. The fourth-order valence-corrected chi connectivity index (χ4v) is 1.69. The number of pyridine rings is 1. The van der Waals surface area contributed by atoms with Gasteiger partial charge in [0.2, 0.25) is 0 Å². The highest BCUT2D eigenvalue weighted by Gasteiger charge is 2.03. The highest BCUT2D eigenvalue weighted by atomic mass is 16.5. The number of hydrogen-bond donors (Lipinski definition) is 1. The number of nitriles is 1. The van der Waals surface area contributed by atoms with E-state index in [1.54, 1.807) is 18.3 Å². The number of anilines is 1. The molecule has 0 atom stereocenters. The molecule has 0 radical (unpaired) electrons. The van der Waals surface area contributed by atoms with Crippen molar-refractivity contribution < 1.29 is 4.74 Å². The van der Waals surface area contributed by atoms with E-state index < -0.39 is 0 Å². The van der Waals surface area contributed by atoms with Crippen LogP contribution in [0.15, 0.2) is 36.5 Å². The minimum Gasteiger partial charge on any atom is -0.487 e. The molecule has 4 heteroatoms. The zero-order valence-electron chi connectivity index (χ0n) is 11.0. The molecule has 0 aliphatic rings. The number of benzene rings is 1. The van der Waals surface area contributed by atoms with E-state index in [-0.39, 0.29) is 0 Å². The molecule has 96 valence electrons. The molecule has 2 rings (SSSR count). The topological polar surface area (TPSA) is 57.9 Å². The molecule has 0 aliphatic carbocycles. The second-order valence-corrected chi connectivity index (χ2v) is 4.17. The third-order valence-electron chi connectivity index (χ3n) is 2.80. The van der Waals surface area contributed by atoms with Crippen LogP contribution in [0.5, 0.6) is 5.75 Å². The van der Waals surface area contributed by atoms with Crippen molar-refractivity contribution in [3.63, 3.8) is 0 Å². The Bertz CT molecular complexity index is 617.